The Bertz CT molecular complexity index is 379. The average molecular weight is 422 g/mol. The Hall–Kier alpha value is 0.550. The zero-order chi connectivity index (χ0) is 15.6. The number of amidine groups is 1. The summed E-state index contributed by atoms with van der Waals surface area (Å²) in [6.45, 7) is 11.5. The molecule has 0 radical (unpaired) electrons. The van der Waals surface area contributed by atoms with E-state index in [1.807, 2.05) is 0 Å². The first-order valence-corrected chi connectivity index (χ1v) is 10.5. The van der Waals surface area contributed by atoms with Gasteiger partial charge in [0.05, 0.1) is 0 Å². The first-order valence-electron chi connectivity index (χ1n) is 8.52. The number of rotatable bonds is 2. The Kier molecular flexibility index (Phi) is 6.32. The van der Waals surface area contributed by atoms with E-state index >= 15 is 0 Å². The minimum absolute atomic E-state index is 0.395. The van der Waals surface area contributed by atoms with E-state index in [4.69, 9.17) is 4.99 Å². The molecule has 4 heteroatoms. The summed E-state index contributed by atoms with van der Waals surface area (Å²) in [6, 6.07) is 1.65. The summed E-state index contributed by atoms with van der Waals surface area (Å²) in [7, 11) is 0. The van der Waals surface area contributed by atoms with Gasteiger partial charge in [-0.1, -0.05) is 60.5 Å². The third-order valence-electron chi connectivity index (χ3n) is 4.51. The van der Waals surface area contributed by atoms with Crippen LogP contribution < -0.4 is 0 Å². The molecule has 21 heavy (non-hydrogen) atoms. The standard InChI is InChI=1S/C17H31IN2S/c1-12(2)19-16-20(13(3)4)14-9-7-6-8-10-17(5,18)11-15(14)21-16/h12-15H,6-11H2,1-5H3. The monoisotopic (exact) mass is 422 g/mol. The molecule has 1 aliphatic heterocycles. The molecule has 0 aromatic carbocycles. The van der Waals surface area contributed by atoms with Crippen molar-refractivity contribution in [2.24, 2.45) is 4.99 Å². The average Bonchev–Trinajstić information content (AvgIpc) is 2.66. The van der Waals surface area contributed by atoms with Crippen LogP contribution >= 0.6 is 34.4 Å². The summed E-state index contributed by atoms with van der Waals surface area (Å²) in [5, 5.41) is 2.03. The van der Waals surface area contributed by atoms with Crippen molar-refractivity contribution < 1.29 is 0 Å². The fraction of sp³-hybridized carbons (Fsp3) is 0.941. The Morgan fingerprint density at radius 3 is 2.57 bits per heavy atom. The van der Waals surface area contributed by atoms with Gasteiger partial charge in [-0.3, -0.25) is 4.99 Å². The number of hydrogen-bond donors (Lipinski definition) is 0. The summed E-state index contributed by atoms with van der Waals surface area (Å²) >= 11 is 4.78. The van der Waals surface area contributed by atoms with Gasteiger partial charge in [0.2, 0.25) is 0 Å². The highest BCUT2D eigenvalue weighted by Crippen LogP contribution is 2.44. The smallest absolute Gasteiger partial charge is 0.160 e. The molecule has 0 aromatic heterocycles. The van der Waals surface area contributed by atoms with E-state index in [1.54, 1.807) is 0 Å². The quantitative estimate of drug-likeness (QED) is 0.432. The second-order valence-corrected chi connectivity index (χ2v) is 11.3. The van der Waals surface area contributed by atoms with Gasteiger partial charge in [-0.15, -0.1) is 0 Å². The van der Waals surface area contributed by atoms with E-state index in [2.05, 4.69) is 73.9 Å². The normalized spacial score (nSPS) is 36.8. The maximum atomic E-state index is 4.94. The highest BCUT2D eigenvalue weighted by molar-refractivity contribution is 14.1. The molecule has 1 aliphatic carbocycles. The molecule has 0 N–H and O–H groups in total. The molecule has 1 heterocycles. The van der Waals surface area contributed by atoms with Crippen molar-refractivity contribution in [2.45, 2.75) is 99.9 Å². The molecule has 2 rings (SSSR count). The maximum absolute atomic E-state index is 4.94. The second kappa shape index (κ2) is 7.41. The molecule has 3 atom stereocenters. The molecule has 0 amide bonds. The molecule has 2 nitrogen and oxygen atoms in total. The van der Waals surface area contributed by atoms with E-state index in [0.717, 1.165) is 5.25 Å². The molecule has 3 unspecified atom stereocenters. The lowest BCUT2D eigenvalue weighted by Crippen LogP contribution is -2.42. The first kappa shape index (κ1) is 17.9. The van der Waals surface area contributed by atoms with Gasteiger partial charge in [0, 0.05) is 26.8 Å². The zero-order valence-electron chi connectivity index (χ0n) is 14.2. The van der Waals surface area contributed by atoms with Crippen LogP contribution in [-0.4, -0.2) is 36.9 Å². The number of hydrogen-bond acceptors (Lipinski definition) is 2. The summed E-state index contributed by atoms with van der Waals surface area (Å²) in [4.78, 5) is 7.57. The van der Waals surface area contributed by atoms with Gasteiger partial charge in [-0.05, 0) is 47.0 Å². The topological polar surface area (TPSA) is 15.6 Å². The number of alkyl halides is 1. The maximum Gasteiger partial charge on any atom is 0.160 e. The Morgan fingerprint density at radius 1 is 1.24 bits per heavy atom. The van der Waals surface area contributed by atoms with Crippen LogP contribution in [0.25, 0.3) is 0 Å². The van der Waals surface area contributed by atoms with Crippen LogP contribution in [0, 0.1) is 0 Å². The summed E-state index contributed by atoms with van der Waals surface area (Å²) in [5.74, 6) is 0. The third kappa shape index (κ3) is 4.76. The first-order chi connectivity index (χ1) is 9.80. The zero-order valence-corrected chi connectivity index (χ0v) is 17.2. The molecular weight excluding hydrogens is 391 g/mol. The van der Waals surface area contributed by atoms with E-state index < -0.39 is 0 Å². The SMILES string of the molecule is CC(C)N=C1SC2CC(C)(I)CCCCCC2N1C(C)C. The number of fused-ring (bicyclic) bond motifs is 1. The van der Waals surface area contributed by atoms with Gasteiger partial charge < -0.3 is 4.90 Å². The van der Waals surface area contributed by atoms with Crippen molar-refractivity contribution in [1.82, 2.24) is 4.90 Å². The van der Waals surface area contributed by atoms with Crippen LogP contribution in [0.2, 0.25) is 0 Å². The van der Waals surface area contributed by atoms with Gasteiger partial charge in [0.25, 0.3) is 0 Å². The predicted octanol–water partition coefficient (Wildman–Crippen LogP) is 5.49. The van der Waals surface area contributed by atoms with E-state index in [0.29, 0.717) is 21.5 Å². The van der Waals surface area contributed by atoms with Crippen molar-refractivity contribution in [3.63, 3.8) is 0 Å². The molecule has 0 spiro atoms. The Morgan fingerprint density at radius 2 is 1.95 bits per heavy atom. The minimum atomic E-state index is 0.395. The molecule has 0 bridgehead atoms. The summed E-state index contributed by atoms with van der Waals surface area (Å²) in [6.07, 6.45) is 8.22. The van der Waals surface area contributed by atoms with Gasteiger partial charge in [-0.25, -0.2) is 0 Å². The number of halogens is 1. The van der Waals surface area contributed by atoms with Crippen LogP contribution in [0.4, 0.5) is 0 Å². The minimum Gasteiger partial charge on any atom is -0.345 e. The van der Waals surface area contributed by atoms with Crippen molar-refractivity contribution in [2.75, 3.05) is 0 Å². The number of thioether (sulfide) groups is 1. The second-order valence-electron chi connectivity index (χ2n) is 7.45. The molecular formula is C17H31IN2S. The molecule has 0 aromatic rings. The Balaban J connectivity index is 2.26. The number of nitrogens with zero attached hydrogens (tertiary/aromatic N) is 2. The van der Waals surface area contributed by atoms with Crippen LogP contribution in [0.5, 0.6) is 0 Å². The Labute approximate surface area is 149 Å². The lowest BCUT2D eigenvalue weighted by Gasteiger charge is -2.33. The van der Waals surface area contributed by atoms with E-state index in [1.165, 1.54) is 43.7 Å². The van der Waals surface area contributed by atoms with Crippen molar-refractivity contribution >= 4 is 39.5 Å². The molecule has 122 valence electrons. The van der Waals surface area contributed by atoms with E-state index in [9.17, 15) is 0 Å². The van der Waals surface area contributed by atoms with Crippen molar-refractivity contribution in [3.05, 3.63) is 0 Å². The van der Waals surface area contributed by atoms with Crippen molar-refractivity contribution in [3.8, 4) is 0 Å². The lowest BCUT2D eigenvalue weighted by molar-refractivity contribution is 0.248. The van der Waals surface area contributed by atoms with E-state index in [-0.39, 0.29) is 0 Å². The van der Waals surface area contributed by atoms with Gasteiger partial charge in [0.1, 0.15) is 0 Å². The summed E-state index contributed by atoms with van der Waals surface area (Å²) < 4.78 is 0.452. The molecule has 1 saturated heterocycles. The summed E-state index contributed by atoms with van der Waals surface area (Å²) in [5.41, 5.74) is 0. The van der Waals surface area contributed by atoms with Gasteiger partial charge in [0.15, 0.2) is 5.17 Å². The van der Waals surface area contributed by atoms with Crippen LogP contribution in [0.3, 0.4) is 0 Å². The van der Waals surface area contributed by atoms with Gasteiger partial charge >= 0.3 is 0 Å². The van der Waals surface area contributed by atoms with Crippen LogP contribution in [-0.2, 0) is 0 Å². The fourth-order valence-electron chi connectivity index (χ4n) is 3.57. The van der Waals surface area contributed by atoms with Crippen LogP contribution in [0.15, 0.2) is 4.99 Å². The van der Waals surface area contributed by atoms with Crippen LogP contribution in [0.1, 0.15) is 73.1 Å². The van der Waals surface area contributed by atoms with Crippen molar-refractivity contribution in [1.29, 1.82) is 0 Å². The number of aliphatic imine (C=N–C) groups is 1. The fourth-order valence-corrected chi connectivity index (χ4v) is 6.61. The lowest BCUT2D eigenvalue weighted by atomic mass is 9.96. The third-order valence-corrected chi connectivity index (χ3v) is 6.80. The molecule has 2 fully saturated rings. The largest absolute Gasteiger partial charge is 0.345 e. The highest BCUT2D eigenvalue weighted by Gasteiger charge is 2.43. The predicted molar refractivity (Wildman–Crippen MR) is 105 cm³/mol. The highest BCUT2D eigenvalue weighted by atomic mass is 127. The molecule has 1 saturated carbocycles. The molecule has 2 aliphatic rings. The van der Waals surface area contributed by atoms with Gasteiger partial charge in [-0.2, -0.15) is 0 Å².